The van der Waals surface area contributed by atoms with Gasteiger partial charge >= 0.3 is 0 Å². The van der Waals surface area contributed by atoms with Gasteiger partial charge in [0.2, 0.25) is 0 Å². The van der Waals surface area contributed by atoms with Gasteiger partial charge in [-0.05, 0) is 42.9 Å². The number of ether oxygens (including phenoxy) is 2. The van der Waals surface area contributed by atoms with Crippen molar-refractivity contribution in [3.63, 3.8) is 0 Å². The van der Waals surface area contributed by atoms with Crippen LogP contribution in [0, 0.1) is 5.92 Å². The molecule has 1 aromatic rings. The van der Waals surface area contributed by atoms with Crippen LogP contribution in [0.25, 0.3) is 0 Å². The highest BCUT2D eigenvalue weighted by atomic mass is 16.5. The number of benzene rings is 1. The lowest BCUT2D eigenvalue weighted by molar-refractivity contribution is -0.0597. The molecular weight excluding hydrogens is 238 g/mol. The highest BCUT2D eigenvalue weighted by Crippen LogP contribution is 2.31. The molecule has 1 aromatic carbocycles. The lowest BCUT2D eigenvalue weighted by Gasteiger charge is -2.28. The maximum Gasteiger partial charge on any atom is 0.106 e. The maximum absolute atomic E-state index is 6.10. The molecule has 1 aliphatic heterocycles. The largest absolute Gasteiger partial charge is 0.375 e. The van der Waals surface area contributed by atoms with Crippen LogP contribution in [0.5, 0.6) is 0 Å². The Morgan fingerprint density at radius 2 is 2.16 bits per heavy atom. The van der Waals surface area contributed by atoms with Gasteiger partial charge in [-0.25, -0.2) is 0 Å². The molecule has 3 heteroatoms. The minimum atomic E-state index is 0.101. The first kappa shape index (κ1) is 13.1. The molecule has 2 aliphatic rings. The molecule has 3 rings (SSSR count). The molecule has 0 aromatic heterocycles. The normalized spacial score (nSPS) is 30.3. The Morgan fingerprint density at radius 1 is 1.26 bits per heavy atom. The zero-order chi connectivity index (χ0) is 13.1. The fourth-order valence-corrected chi connectivity index (χ4v) is 3.32. The van der Waals surface area contributed by atoms with Gasteiger partial charge in [-0.3, -0.25) is 0 Å². The third-order valence-electron chi connectivity index (χ3n) is 4.45. The fraction of sp³-hybridized carbons (Fsp3) is 0.625. The molecule has 3 atom stereocenters. The third kappa shape index (κ3) is 2.83. The third-order valence-corrected chi connectivity index (χ3v) is 4.45. The van der Waals surface area contributed by atoms with E-state index in [1.165, 1.54) is 24.0 Å². The SMILES string of the molecule is NCC1CCCC1OCC1OCCc2ccccc21. The van der Waals surface area contributed by atoms with Gasteiger partial charge in [0.15, 0.2) is 0 Å². The van der Waals surface area contributed by atoms with Crippen LogP contribution in [0.2, 0.25) is 0 Å². The van der Waals surface area contributed by atoms with E-state index >= 15 is 0 Å². The summed E-state index contributed by atoms with van der Waals surface area (Å²) in [6, 6.07) is 8.54. The molecule has 19 heavy (non-hydrogen) atoms. The summed E-state index contributed by atoms with van der Waals surface area (Å²) in [5.41, 5.74) is 8.51. The van der Waals surface area contributed by atoms with E-state index in [-0.39, 0.29) is 6.10 Å². The quantitative estimate of drug-likeness (QED) is 0.905. The zero-order valence-corrected chi connectivity index (χ0v) is 11.4. The van der Waals surface area contributed by atoms with Crippen LogP contribution in [-0.4, -0.2) is 25.9 Å². The lowest BCUT2D eigenvalue weighted by Crippen LogP contribution is -2.28. The second-order valence-corrected chi connectivity index (χ2v) is 5.61. The molecule has 0 radical (unpaired) electrons. The first-order valence-corrected chi connectivity index (χ1v) is 7.39. The van der Waals surface area contributed by atoms with Gasteiger partial charge in [-0.15, -0.1) is 0 Å². The molecule has 1 fully saturated rings. The molecule has 0 saturated heterocycles. The van der Waals surface area contributed by atoms with Crippen LogP contribution in [-0.2, 0) is 15.9 Å². The number of nitrogens with two attached hydrogens (primary N) is 1. The molecule has 0 amide bonds. The van der Waals surface area contributed by atoms with Crippen LogP contribution in [0.4, 0.5) is 0 Å². The topological polar surface area (TPSA) is 44.5 Å². The van der Waals surface area contributed by atoms with Crippen molar-refractivity contribution < 1.29 is 9.47 Å². The summed E-state index contributed by atoms with van der Waals surface area (Å²) in [6.45, 7) is 2.21. The Labute approximate surface area is 115 Å². The van der Waals surface area contributed by atoms with E-state index < -0.39 is 0 Å². The van der Waals surface area contributed by atoms with E-state index in [1.54, 1.807) is 0 Å². The lowest BCUT2D eigenvalue weighted by atomic mass is 9.98. The van der Waals surface area contributed by atoms with Crippen LogP contribution in [0.3, 0.4) is 0 Å². The van der Waals surface area contributed by atoms with Crippen molar-refractivity contribution in [2.45, 2.75) is 37.9 Å². The highest BCUT2D eigenvalue weighted by molar-refractivity contribution is 5.30. The molecule has 1 aliphatic carbocycles. The summed E-state index contributed by atoms with van der Waals surface area (Å²) in [5, 5.41) is 0. The van der Waals surface area contributed by atoms with Crippen molar-refractivity contribution in [2.75, 3.05) is 19.8 Å². The molecule has 2 N–H and O–H groups in total. The predicted molar refractivity (Wildman–Crippen MR) is 75.0 cm³/mol. The summed E-state index contributed by atoms with van der Waals surface area (Å²) >= 11 is 0. The van der Waals surface area contributed by atoms with E-state index in [2.05, 4.69) is 24.3 Å². The van der Waals surface area contributed by atoms with Gasteiger partial charge < -0.3 is 15.2 Å². The van der Waals surface area contributed by atoms with Gasteiger partial charge in [0.05, 0.1) is 19.3 Å². The average Bonchev–Trinajstić information content (AvgIpc) is 2.92. The summed E-state index contributed by atoms with van der Waals surface area (Å²) in [7, 11) is 0. The maximum atomic E-state index is 6.10. The van der Waals surface area contributed by atoms with E-state index in [9.17, 15) is 0 Å². The summed E-state index contributed by atoms with van der Waals surface area (Å²) in [6.07, 6.45) is 5.06. The predicted octanol–water partition coefficient (Wildman–Crippen LogP) is 2.44. The highest BCUT2D eigenvalue weighted by Gasteiger charge is 2.29. The number of fused-ring (bicyclic) bond motifs is 1. The first-order chi connectivity index (χ1) is 9.38. The Kier molecular flexibility index (Phi) is 4.16. The van der Waals surface area contributed by atoms with Crippen LogP contribution in [0.1, 0.15) is 36.5 Å². The number of rotatable bonds is 4. The van der Waals surface area contributed by atoms with Gasteiger partial charge in [-0.2, -0.15) is 0 Å². The van der Waals surface area contributed by atoms with Crippen LogP contribution >= 0.6 is 0 Å². The molecule has 1 heterocycles. The van der Waals surface area contributed by atoms with Crippen LogP contribution < -0.4 is 5.73 Å². The van der Waals surface area contributed by atoms with Crippen molar-refractivity contribution in [3.8, 4) is 0 Å². The second kappa shape index (κ2) is 6.04. The minimum Gasteiger partial charge on any atom is -0.375 e. The second-order valence-electron chi connectivity index (χ2n) is 5.61. The minimum absolute atomic E-state index is 0.101. The summed E-state index contributed by atoms with van der Waals surface area (Å²) in [5.74, 6) is 0.541. The molecule has 104 valence electrons. The van der Waals surface area contributed by atoms with Crippen molar-refractivity contribution in [1.82, 2.24) is 0 Å². The van der Waals surface area contributed by atoms with Gasteiger partial charge in [0.1, 0.15) is 6.10 Å². The summed E-state index contributed by atoms with van der Waals surface area (Å²) in [4.78, 5) is 0. The van der Waals surface area contributed by atoms with Crippen molar-refractivity contribution >= 4 is 0 Å². The Bertz CT molecular complexity index is 421. The van der Waals surface area contributed by atoms with E-state index in [1.807, 2.05) is 0 Å². The molecule has 1 saturated carbocycles. The van der Waals surface area contributed by atoms with E-state index in [4.69, 9.17) is 15.2 Å². The molecular formula is C16H23NO2. The Balaban J connectivity index is 1.62. The Hall–Kier alpha value is -0.900. The Morgan fingerprint density at radius 3 is 3.05 bits per heavy atom. The smallest absolute Gasteiger partial charge is 0.106 e. The monoisotopic (exact) mass is 261 g/mol. The van der Waals surface area contributed by atoms with E-state index in [0.717, 1.165) is 26.0 Å². The van der Waals surface area contributed by atoms with Crippen LogP contribution in [0.15, 0.2) is 24.3 Å². The number of hydrogen-bond donors (Lipinski definition) is 1. The van der Waals surface area contributed by atoms with Crippen molar-refractivity contribution in [2.24, 2.45) is 11.7 Å². The number of hydrogen-bond acceptors (Lipinski definition) is 3. The molecule has 0 spiro atoms. The van der Waals surface area contributed by atoms with Crippen molar-refractivity contribution in [1.29, 1.82) is 0 Å². The van der Waals surface area contributed by atoms with E-state index in [0.29, 0.717) is 18.6 Å². The van der Waals surface area contributed by atoms with Gasteiger partial charge in [0, 0.05) is 0 Å². The summed E-state index contributed by atoms with van der Waals surface area (Å²) < 4.78 is 12.0. The zero-order valence-electron chi connectivity index (χ0n) is 11.4. The van der Waals surface area contributed by atoms with Gasteiger partial charge in [-0.1, -0.05) is 30.7 Å². The fourth-order valence-electron chi connectivity index (χ4n) is 3.32. The molecule has 0 bridgehead atoms. The first-order valence-electron chi connectivity index (χ1n) is 7.39. The van der Waals surface area contributed by atoms with Crippen molar-refractivity contribution in [3.05, 3.63) is 35.4 Å². The average molecular weight is 261 g/mol. The standard InChI is InChI=1S/C16H23NO2/c17-10-13-5-3-7-15(13)19-11-16-14-6-2-1-4-12(14)8-9-18-16/h1-2,4,6,13,15-16H,3,5,7-11,17H2. The molecule has 3 nitrogen and oxygen atoms in total. The van der Waals surface area contributed by atoms with Gasteiger partial charge in [0.25, 0.3) is 0 Å². The molecule has 3 unspecified atom stereocenters.